The summed E-state index contributed by atoms with van der Waals surface area (Å²) >= 11 is 0. The molecule has 9 heteroatoms. The second-order valence-corrected chi connectivity index (χ2v) is 9.93. The molecular formula is C26H28FN3O4S. The summed E-state index contributed by atoms with van der Waals surface area (Å²) < 4.78 is 42.6. The summed E-state index contributed by atoms with van der Waals surface area (Å²) in [6.45, 7) is 2.56. The molecule has 0 aliphatic heterocycles. The zero-order valence-corrected chi connectivity index (χ0v) is 20.6. The van der Waals surface area contributed by atoms with Crippen molar-refractivity contribution in [2.24, 2.45) is 0 Å². The van der Waals surface area contributed by atoms with Gasteiger partial charge in [-0.15, -0.1) is 0 Å². The maximum atomic E-state index is 14.4. The average Bonchev–Trinajstić information content (AvgIpc) is 2.86. The lowest BCUT2D eigenvalue weighted by atomic mass is 10.1. The predicted octanol–water partition coefficient (Wildman–Crippen LogP) is 3.49. The van der Waals surface area contributed by atoms with Crippen LogP contribution in [0.5, 0.6) is 0 Å². The van der Waals surface area contributed by atoms with Crippen molar-refractivity contribution in [2.75, 3.05) is 17.9 Å². The molecule has 0 saturated heterocycles. The van der Waals surface area contributed by atoms with Crippen molar-refractivity contribution in [3.05, 3.63) is 95.8 Å². The molecule has 0 spiro atoms. The average molecular weight is 498 g/mol. The number of anilines is 1. The number of rotatable bonds is 9. The van der Waals surface area contributed by atoms with Gasteiger partial charge in [-0.2, -0.15) is 0 Å². The van der Waals surface area contributed by atoms with Crippen molar-refractivity contribution >= 4 is 27.5 Å². The van der Waals surface area contributed by atoms with Crippen molar-refractivity contribution in [3.63, 3.8) is 0 Å². The molecule has 2 amide bonds. The van der Waals surface area contributed by atoms with E-state index in [1.807, 2.05) is 13.0 Å². The maximum Gasteiger partial charge on any atom is 0.264 e. The van der Waals surface area contributed by atoms with E-state index in [4.69, 9.17) is 0 Å². The minimum atomic E-state index is -4.12. The van der Waals surface area contributed by atoms with Gasteiger partial charge in [0.2, 0.25) is 11.8 Å². The highest BCUT2D eigenvalue weighted by molar-refractivity contribution is 7.92. The van der Waals surface area contributed by atoms with Gasteiger partial charge >= 0.3 is 0 Å². The molecule has 0 unspecified atom stereocenters. The fraction of sp³-hybridized carbons (Fsp3) is 0.231. The Labute approximate surface area is 205 Å². The normalized spacial score (nSPS) is 12.0. The quantitative estimate of drug-likeness (QED) is 0.490. The summed E-state index contributed by atoms with van der Waals surface area (Å²) in [6, 6.07) is 19.6. The molecule has 3 rings (SSSR count). The first-order chi connectivity index (χ1) is 16.6. The highest BCUT2D eigenvalue weighted by Crippen LogP contribution is 2.25. The third kappa shape index (κ3) is 6.05. The Morgan fingerprint density at radius 2 is 1.63 bits per heavy atom. The van der Waals surface area contributed by atoms with Gasteiger partial charge in [-0.25, -0.2) is 12.8 Å². The monoisotopic (exact) mass is 497 g/mol. The lowest BCUT2D eigenvalue weighted by molar-refractivity contribution is -0.139. The van der Waals surface area contributed by atoms with Gasteiger partial charge in [0, 0.05) is 19.2 Å². The van der Waals surface area contributed by atoms with Crippen molar-refractivity contribution in [1.29, 1.82) is 0 Å². The van der Waals surface area contributed by atoms with E-state index in [-0.39, 0.29) is 17.0 Å². The van der Waals surface area contributed by atoms with Gasteiger partial charge in [-0.3, -0.25) is 13.9 Å². The van der Waals surface area contributed by atoms with Gasteiger partial charge in [0.1, 0.15) is 18.4 Å². The SMILES string of the molecule is CNC(=O)[C@H](C)N(Cc1ccccc1F)C(=O)CN(c1cccc(C)c1)S(=O)(=O)c1ccccc1. The highest BCUT2D eigenvalue weighted by atomic mass is 32.2. The number of likely N-dealkylation sites (N-methyl/N-ethyl adjacent to an activating group) is 1. The van der Waals surface area contributed by atoms with Gasteiger partial charge in [-0.05, 0) is 49.7 Å². The molecule has 0 aliphatic carbocycles. The lowest BCUT2D eigenvalue weighted by Gasteiger charge is -2.32. The summed E-state index contributed by atoms with van der Waals surface area (Å²) in [6.07, 6.45) is 0. The largest absolute Gasteiger partial charge is 0.357 e. The van der Waals surface area contributed by atoms with E-state index in [2.05, 4.69) is 5.32 Å². The second-order valence-electron chi connectivity index (χ2n) is 8.07. The van der Waals surface area contributed by atoms with Crippen molar-refractivity contribution in [1.82, 2.24) is 10.2 Å². The van der Waals surface area contributed by atoms with Crippen molar-refractivity contribution in [2.45, 2.75) is 31.3 Å². The first kappa shape index (κ1) is 25.9. The molecule has 3 aromatic carbocycles. The minimum Gasteiger partial charge on any atom is -0.357 e. The van der Waals surface area contributed by atoms with E-state index in [0.717, 1.165) is 9.87 Å². The molecular weight excluding hydrogens is 469 g/mol. The molecule has 184 valence electrons. The first-order valence-electron chi connectivity index (χ1n) is 11.0. The zero-order valence-electron chi connectivity index (χ0n) is 19.8. The second kappa shape index (κ2) is 11.1. The number of amides is 2. The van der Waals surface area contributed by atoms with Crippen LogP contribution < -0.4 is 9.62 Å². The van der Waals surface area contributed by atoms with Crippen LogP contribution in [0.15, 0.2) is 83.8 Å². The first-order valence-corrected chi connectivity index (χ1v) is 12.5. The van der Waals surface area contributed by atoms with E-state index >= 15 is 0 Å². The molecule has 7 nitrogen and oxygen atoms in total. The lowest BCUT2D eigenvalue weighted by Crippen LogP contribution is -2.50. The summed E-state index contributed by atoms with van der Waals surface area (Å²) in [7, 11) is -2.69. The van der Waals surface area contributed by atoms with Gasteiger partial charge in [0.25, 0.3) is 10.0 Å². The van der Waals surface area contributed by atoms with Crippen molar-refractivity contribution < 1.29 is 22.4 Å². The summed E-state index contributed by atoms with van der Waals surface area (Å²) in [5.41, 5.74) is 1.33. The molecule has 0 aliphatic rings. The number of hydrogen-bond acceptors (Lipinski definition) is 4. The molecule has 1 atom stereocenters. The predicted molar refractivity (Wildman–Crippen MR) is 133 cm³/mol. The Bertz CT molecular complexity index is 1300. The molecule has 0 bridgehead atoms. The number of carbonyl (C=O) groups is 2. The summed E-state index contributed by atoms with van der Waals surface area (Å²) in [4.78, 5) is 27.2. The smallest absolute Gasteiger partial charge is 0.264 e. The van der Waals surface area contributed by atoms with Crippen molar-refractivity contribution in [3.8, 4) is 0 Å². The number of nitrogens with one attached hydrogen (secondary N) is 1. The number of hydrogen-bond donors (Lipinski definition) is 1. The Hall–Kier alpha value is -3.72. The van der Waals surface area contributed by atoms with E-state index < -0.39 is 40.2 Å². The molecule has 1 N–H and O–H groups in total. The van der Waals surface area contributed by atoms with E-state index in [0.29, 0.717) is 5.69 Å². The summed E-state index contributed by atoms with van der Waals surface area (Å²) in [5, 5.41) is 2.49. The van der Waals surface area contributed by atoms with E-state index in [1.165, 1.54) is 49.2 Å². The number of nitrogens with zero attached hydrogens (tertiary/aromatic N) is 2. The number of aryl methyl sites for hydroxylation is 1. The van der Waals surface area contributed by atoms with Gasteiger partial charge in [0.15, 0.2) is 0 Å². The van der Waals surface area contributed by atoms with Crippen LogP contribution in [0, 0.1) is 12.7 Å². The molecule has 3 aromatic rings. The van der Waals surface area contributed by atoms with Crippen LogP contribution in [0.3, 0.4) is 0 Å². The molecule has 0 radical (unpaired) electrons. The number of benzene rings is 3. The third-order valence-electron chi connectivity index (χ3n) is 5.61. The fourth-order valence-corrected chi connectivity index (χ4v) is 5.06. The van der Waals surface area contributed by atoms with Crippen LogP contribution in [-0.2, 0) is 26.2 Å². The van der Waals surface area contributed by atoms with Crippen LogP contribution in [-0.4, -0.2) is 44.8 Å². The van der Waals surface area contributed by atoms with Crippen LogP contribution in [0.4, 0.5) is 10.1 Å². The van der Waals surface area contributed by atoms with Gasteiger partial charge in [0.05, 0.1) is 10.6 Å². The van der Waals surface area contributed by atoms with Crippen LogP contribution >= 0.6 is 0 Å². The Kier molecular flexibility index (Phi) is 8.24. The van der Waals surface area contributed by atoms with Gasteiger partial charge < -0.3 is 10.2 Å². The topological polar surface area (TPSA) is 86.8 Å². The van der Waals surface area contributed by atoms with Crippen LogP contribution in [0.2, 0.25) is 0 Å². The molecule has 0 heterocycles. The Balaban J connectivity index is 2.04. The van der Waals surface area contributed by atoms with E-state index in [9.17, 15) is 22.4 Å². The molecule has 0 saturated carbocycles. The number of sulfonamides is 1. The Morgan fingerprint density at radius 1 is 0.971 bits per heavy atom. The number of halogens is 1. The maximum absolute atomic E-state index is 14.4. The highest BCUT2D eigenvalue weighted by Gasteiger charge is 2.32. The molecule has 0 fully saturated rings. The zero-order chi connectivity index (χ0) is 25.6. The van der Waals surface area contributed by atoms with E-state index in [1.54, 1.807) is 42.5 Å². The Morgan fingerprint density at radius 3 is 2.26 bits per heavy atom. The number of carbonyl (C=O) groups excluding carboxylic acids is 2. The van der Waals surface area contributed by atoms with Crippen LogP contribution in [0.1, 0.15) is 18.1 Å². The third-order valence-corrected chi connectivity index (χ3v) is 7.40. The standard InChI is InChI=1S/C26H28FN3O4S/c1-19-10-9-12-22(16-19)30(35(33,34)23-13-5-4-6-14-23)18-25(31)29(20(2)26(32)28-3)17-21-11-7-8-15-24(21)27/h4-16,20H,17-18H2,1-3H3,(H,28,32)/t20-/m0/s1. The summed E-state index contributed by atoms with van der Waals surface area (Å²) in [5.74, 6) is -1.63. The molecule has 35 heavy (non-hydrogen) atoms. The minimum absolute atomic E-state index is 0.0225. The molecule has 0 aromatic heterocycles. The fourth-order valence-electron chi connectivity index (χ4n) is 3.63. The van der Waals surface area contributed by atoms with Crippen LogP contribution in [0.25, 0.3) is 0 Å². The van der Waals surface area contributed by atoms with Gasteiger partial charge in [-0.1, -0.05) is 48.5 Å².